The first-order valence-electron chi connectivity index (χ1n) is 22.8. The number of carbonyl (C=O) groups excluding carboxylic acids is 6. The Morgan fingerprint density at radius 1 is 0.732 bits per heavy atom. The molecular formula is C41H73N7O21P2. The quantitative estimate of drug-likeness (QED) is 0.0211. The highest BCUT2D eigenvalue weighted by atomic mass is 31.3. The van der Waals surface area contributed by atoms with Crippen LogP contribution in [0.1, 0.15) is 107 Å². The van der Waals surface area contributed by atoms with E-state index in [-0.39, 0.29) is 31.9 Å². The van der Waals surface area contributed by atoms with E-state index in [1.165, 1.54) is 13.8 Å². The standard InChI is InChI=1S/C41H73N7O21P2/c1-21(2)12-11-13-22(3)17-19-65-70(61,62)69-71(63,64)68-41-32(46-27(8)50)34(33(52)30(20-49)67-41)66-26(7)37(55)43-24(5)36(54)48-29(40(59)60)15-16-31(51)47-28(14-9-10-18-42)38(56)44-23(4)35(53)45-25(6)39(57)58/h12,22-26,28-30,32-34,41,49,52H,9-11,13-20,42H2,1-8H3,(H,43,55)(H,44,56)(H,45,53)(H,46,50)(H,47,51)(H,48,54)(H,57,58)(H,59,60)(H,61,62)(H,63,64)/t22-,23+,24-,25+,26+,28-,29+,30+,32+,33+,34+,41+/m0/s1. The maximum absolute atomic E-state index is 13.3. The van der Waals surface area contributed by atoms with Crippen LogP contribution in [0.4, 0.5) is 0 Å². The van der Waals surface area contributed by atoms with Gasteiger partial charge >= 0.3 is 27.6 Å². The van der Waals surface area contributed by atoms with E-state index < -0.39 is 149 Å². The van der Waals surface area contributed by atoms with Crippen molar-refractivity contribution in [1.82, 2.24) is 31.9 Å². The SMILES string of the molecule is CC(=O)N[C@H]1[C@@H](OP(=O)(O)OP(=O)(O)OCC[C@@H](C)CCC=C(C)C)O[C@H](CO)[C@@H](O)[C@@H]1O[C@H](C)C(=O)N[C@@H](C)C(=O)N[C@H](CCC(=O)N[C@@H](CCCCN)C(=O)N[C@H](C)C(=O)N[C@H](C)C(=O)O)C(=O)O. The highest BCUT2D eigenvalue weighted by Crippen LogP contribution is 2.61. The number of phosphoric ester groups is 2. The first-order valence-corrected chi connectivity index (χ1v) is 25.8. The number of carbonyl (C=O) groups is 8. The zero-order valence-corrected chi connectivity index (χ0v) is 42.9. The Morgan fingerprint density at radius 3 is 1.87 bits per heavy atom. The van der Waals surface area contributed by atoms with Crippen LogP contribution in [0.5, 0.6) is 0 Å². The van der Waals surface area contributed by atoms with E-state index >= 15 is 0 Å². The van der Waals surface area contributed by atoms with Gasteiger partial charge in [0.25, 0.3) is 0 Å². The molecule has 71 heavy (non-hydrogen) atoms. The molecule has 1 aliphatic rings. The molecule has 0 aromatic heterocycles. The number of carboxylic acid groups (broad SMARTS) is 2. The summed E-state index contributed by atoms with van der Waals surface area (Å²) < 4.78 is 51.2. The molecule has 0 saturated carbocycles. The van der Waals surface area contributed by atoms with Crippen LogP contribution < -0.4 is 37.6 Å². The Hall–Kier alpha value is -4.44. The fourth-order valence-electron chi connectivity index (χ4n) is 6.51. The number of aliphatic hydroxyl groups excluding tert-OH is 2. The minimum atomic E-state index is -5.66. The van der Waals surface area contributed by atoms with Crippen molar-refractivity contribution in [2.45, 2.75) is 174 Å². The molecule has 0 radical (unpaired) electrons. The predicted octanol–water partition coefficient (Wildman–Crippen LogP) is -1.07. The molecule has 1 aliphatic heterocycles. The summed E-state index contributed by atoms with van der Waals surface area (Å²) in [6.07, 6.45) is -5.62. The number of nitrogens with one attached hydrogen (secondary N) is 6. The van der Waals surface area contributed by atoms with Crippen LogP contribution >= 0.6 is 15.6 Å². The number of nitrogens with two attached hydrogens (primary N) is 1. The molecule has 14 atom stereocenters. The van der Waals surface area contributed by atoms with Crippen molar-refractivity contribution in [2.24, 2.45) is 11.7 Å². The molecule has 0 spiro atoms. The number of allylic oxidation sites excluding steroid dienone is 2. The second-order valence-electron chi connectivity index (χ2n) is 17.3. The number of aliphatic hydroxyl groups is 2. The smallest absolute Gasteiger partial charge is 0.480 e. The Balaban J connectivity index is 3.04. The molecule has 1 heterocycles. The van der Waals surface area contributed by atoms with Crippen molar-refractivity contribution in [1.29, 1.82) is 0 Å². The van der Waals surface area contributed by atoms with E-state index in [9.17, 15) is 72.6 Å². The summed E-state index contributed by atoms with van der Waals surface area (Å²) in [4.78, 5) is 121. The van der Waals surface area contributed by atoms with Crippen molar-refractivity contribution in [3.05, 3.63) is 11.6 Å². The Labute approximate surface area is 411 Å². The highest BCUT2D eigenvalue weighted by Gasteiger charge is 2.51. The third-order valence-corrected chi connectivity index (χ3v) is 13.2. The Morgan fingerprint density at radius 2 is 1.32 bits per heavy atom. The molecule has 0 aromatic carbocycles. The van der Waals surface area contributed by atoms with Gasteiger partial charge in [0.05, 0.1) is 13.2 Å². The zero-order valence-electron chi connectivity index (χ0n) is 41.1. The van der Waals surface area contributed by atoms with Gasteiger partial charge < -0.3 is 77.3 Å². The lowest BCUT2D eigenvalue weighted by Gasteiger charge is -2.44. The van der Waals surface area contributed by atoms with Crippen LogP contribution in [-0.4, -0.2) is 164 Å². The first-order chi connectivity index (χ1) is 32.9. The number of unbranched alkanes of at least 4 members (excludes halogenated alkanes) is 1. The number of amides is 6. The van der Waals surface area contributed by atoms with Gasteiger partial charge in [-0.1, -0.05) is 18.6 Å². The van der Waals surface area contributed by atoms with Gasteiger partial charge in [0.1, 0.15) is 60.7 Å². The van der Waals surface area contributed by atoms with Gasteiger partial charge in [-0.15, -0.1) is 0 Å². The number of aliphatic carboxylic acids is 2. The minimum absolute atomic E-state index is 0.0317. The lowest BCUT2D eigenvalue weighted by Crippen LogP contribution is -2.66. The summed E-state index contributed by atoms with van der Waals surface area (Å²) in [7, 11) is -10.9. The number of phosphoric acid groups is 2. The topological polar surface area (TPSA) is 436 Å². The second kappa shape index (κ2) is 31.2. The molecule has 0 aliphatic carbocycles. The minimum Gasteiger partial charge on any atom is -0.480 e. The van der Waals surface area contributed by atoms with Gasteiger partial charge in [-0.2, -0.15) is 4.31 Å². The van der Waals surface area contributed by atoms with E-state index in [1.54, 1.807) is 0 Å². The summed E-state index contributed by atoms with van der Waals surface area (Å²) in [5, 5.41) is 53.7. The van der Waals surface area contributed by atoms with Crippen molar-refractivity contribution in [3.8, 4) is 0 Å². The van der Waals surface area contributed by atoms with Gasteiger partial charge in [-0.25, -0.2) is 13.9 Å². The molecule has 0 bridgehead atoms. The highest BCUT2D eigenvalue weighted by molar-refractivity contribution is 7.61. The largest absolute Gasteiger partial charge is 0.483 e. The normalized spacial score (nSPS) is 22.5. The third kappa shape index (κ3) is 24.7. The number of hydrogen-bond acceptors (Lipinski definition) is 18. The summed E-state index contributed by atoms with van der Waals surface area (Å²) in [6, 6.07) is -8.68. The molecule has 1 fully saturated rings. The molecule has 1 saturated heterocycles. The summed E-state index contributed by atoms with van der Waals surface area (Å²) in [5.41, 5.74) is 6.67. The molecule has 14 N–H and O–H groups in total. The molecule has 408 valence electrons. The number of ether oxygens (including phenoxy) is 2. The Bertz CT molecular complexity index is 1940. The molecule has 1 rings (SSSR count). The zero-order chi connectivity index (χ0) is 54.4. The number of rotatable bonds is 33. The van der Waals surface area contributed by atoms with Crippen LogP contribution in [0.15, 0.2) is 11.6 Å². The van der Waals surface area contributed by atoms with Crippen molar-refractivity contribution in [2.75, 3.05) is 19.8 Å². The maximum Gasteiger partial charge on any atom is 0.483 e. The summed E-state index contributed by atoms with van der Waals surface area (Å²) >= 11 is 0. The van der Waals surface area contributed by atoms with Crippen LogP contribution in [0, 0.1) is 5.92 Å². The summed E-state index contributed by atoms with van der Waals surface area (Å²) in [6.45, 7) is 10.4. The molecular weight excluding hydrogens is 988 g/mol. The monoisotopic (exact) mass is 1060 g/mol. The average Bonchev–Trinajstić information content (AvgIpc) is 3.25. The lowest BCUT2D eigenvalue weighted by molar-refractivity contribution is -0.261. The van der Waals surface area contributed by atoms with Crippen molar-refractivity contribution in [3.63, 3.8) is 0 Å². The second-order valence-corrected chi connectivity index (χ2v) is 20.3. The Kier molecular flexibility index (Phi) is 28.4. The first kappa shape index (κ1) is 64.6. The van der Waals surface area contributed by atoms with Crippen LogP contribution in [0.3, 0.4) is 0 Å². The fourth-order valence-corrected chi connectivity index (χ4v) is 8.68. The fraction of sp³-hybridized carbons (Fsp3) is 0.756. The van der Waals surface area contributed by atoms with Gasteiger partial charge in [-0.05, 0) is 99.0 Å². The third-order valence-electron chi connectivity index (χ3n) is 10.6. The van der Waals surface area contributed by atoms with Gasteiger partial charge in [0, 0.05) is 13.3 Å². The number of carboxylic acids is 2. The van der Waals surface area contributed by atoms with E-state index in [0.29, 0.717) is 12.8 Å². The molecule has 2 unspecified atom stereocenters. The van der Waals surface area contributed by atoms with Gasteiger partial charge in [0.2, 0.25) is 35.4 Å². The summed E-state index contributed by atoms with van der Waals surface area (Å²) in [5.74, 6) is -8.27. The molecule has 28 nitrogen and oxygen atoms in total. The van der Waals surface area contributed by atoms with E-state index in [2.05, 4.69) is 36.2 Å². The van der Waals surface area contributed by atoms with E-state index in [0.717, 1.165) is 39.2 Å². The maximum atomic E-state index is 13.3. The van der Waals surface area contributed by atoms with Gasteiger partial charge in [0.15, 0.2) is 6.29 Å². The van der Waals surface area contributed by atoms with Crippen LogP contribution in [0.25, 0.3) is 0 Å². The predicted molar refractivity (Wildman–Crippen MR) is 248 cm³/mol. The lowest BCUT2D eigenvalue weighted by atomic mass is 9.96. The van der Waals surface area contributed by atoms with E-state index in [1.807, 2.05) is 26.8 Å². The number of hydrogen-bond donors (Lipinski definition) is 13. The molecule has 6 amide bonds. The van der Waals surface area contributed by atoms with Crippen molar-refractivity contribution >= 4 is 63.0 Å². The van der Waals surface area contributed by atoms with Crippen molar-refractivity contribution < 1.29 is 101 Å². The van der Waals surface area contributed by atoms with E-state index in [4.69, 9.17) is 29.4 Å². The van der Waals surface area contributed by atoms with Crippen LogP contribution in [0.2, 0.25) is 0 Å². The average molecular weight is 1060 g/mol. The van der Waals surface area contributed by atoms with Gasteiger partial charge in [-0.3, -0.25) is 42.6 Å². The van der Waals surface area contributed by atoms with Crippen LogP contribution in [-0.2, 0) is 70.3 Å². The molecule has 30 heteroatoms. The molecule has 0 aromatic rings.